The van der Waals surface area contributed by atoms with Gasteiger partial charge in [-0.2, -0.15) is 0 Å². The summed E-state index contributed by atoms with van der Waals surface area (Å²) < 4.78 is 0. The van der Waals surface area contributed by atoms with Crippen LogP contribution in [-0.4, -0.2) is 21.7 Å². The molecule has 0 nitrogen and oxygen atoms in total. The van der Waals surface area contributed by atoms with E-state index in [0.29, 0.717) is 5.50 Å². The maximum atomic E-state index is 5.74. The molecule has 0 atom stereocenters. The Morgan fingerprint density at radius 2 is 1.54 bits per heavy atom. The van der Waals surface area contributed by atoms with Crippen LogP contribution in [0.2, 0.25) is 19.6 Å². The van der Waals surface area contributed by atoms with Gasteiger partial charge in [-0.05, 0) is 0 Å². The number of hydrogen-bond acceptors (Lipinski definition) is 0. The number of hydrogen-bond donors (Lipinski definition) is 0. The Kier molecular flexibility index (Phi) is 4.38. The third-order valence-electron chi connectivity index (χ3n) is 1.34. The summed E-state index contributed by atoms with van der Waals surface area (Å²) in [6, 6.07) is 0. The zero-order valence-corrected chi connectivity index (χ0v) is 11.0. The van der Waals surface area contributed by atoms with Crippen molar-refractivity contribution in [2.24, 2.45) is 0 Å². The first-order valence-electron chi connectivity index (χ1n) is 3.95. The van der Waals surface area contributed by atoms with Crippen LogP contribution in [0.5, 0.6) is 0 Å². The van der Waals surface area contributed by atoms with E-state index in [9.17, 15) is 0 Å². The van der Waals surface area contributed by atoms with E-state index in [1.54, 1.807) is 0 Å². The van der Waals surface area contributed by atoms with Gasteiger partial charge >= 0.3 is 8.07 Å². The maximum absolute atomic E-state index is 5.74. The largest absolute Gasteiger partial charge is 0.303 e. The fourth-order valence-electron chi connectivity index (χ4n) is 0.519. The molecule has 0 aliphatic carbocycles. The average Bonchev–Trinajstić information content (AvgIpc) is 2.06. The monoisotopic (exact) mass is 224 g/mol. The Labute approximate surface area is 88.1 Å². The summed E-state index contributed by atoms with van der Waals surface area (Å²) in [5, 5.41) is 0. The first-order valence-corrected chi connectivity index (χ1v) is 10.2. The molecule has 0 aliphatic rings. The fraction of sp³-hybridized carbons (Fsp3) is 0.400. The minimum atomic E-state index is -2.33. The Morgan fingerprint density at radius 3 is 1.77 bits per heavy atom. The molecular weight excluding hydrogens is 212 g/mol. The third kappa shape index (κ3) is 4.25. The molecule has 0 radical (unpaired) electrons. The molecule has 0 rings (SSSR count). The molecule has 0 amide bonds. The van der Waals surface area contributed by atoms with Gasteiger partial charge in [0.15, 0.2) is 0 Å². The van der Waals surface area contributed by atoms with Crippen molar-refractivity contribution < 1.29 is 0 Å². The summed E-state index contributed by atoms with van der Waals surface area (Å²) in [4.78, 5) is 0. The van der Waals surface area contributed by atoms with E-state index in [-0.39, 0.29) is 0 Å². The molecule has 0 heterocycles. The molecule has 0 spiro atoms. The van der Waals surface area contributed by atoms with Gasteiger partial charge in [-0.25, -0.2) is 0 Å². The number of halogens is 1. The van der Waals surface area contributed by atoms with Crippen LogP contribution in [0, 0.1) is 35.0 Å². The minimum Gasteiger partial charge on any atom is -0.136 e. The Hall–Kier alpha value is -0.596. The van der Waals surface area contributed by atoms with Gasteiger partial charge in [0.1, 0.15) is 8.07 Å². The van der Waals surface area contributed by atoms with Crippen molar-refractivity contribution in [3.05, 3.63) is 0 Å². The van der Waals surface area contributed by atoms with Gasteiger partial charge in [-0.1, -0.05) is 19.6 Å². The molecule has 3 heteroatoms. The topological polar surface area (TPSA) is 0 Å². The molecule has 0 saturated heterocycles. The summed E-state index contributed by atoms with van der Waals surface area (Å²) in [6.07, 6.45) is 10.7. The van der Waals surface area contributed by atoms with E-state index >= 15 is 0 Å². The fourth-order valence-corrected chi connectivity index (χ4v) is 3.98. The highest BCUT2D eigenvalue weighted by molar-refractivity contribution is 7.05. The number of alkyl halides is 1. The van der Waals surface area contributed by atoms with Gasteiger partial charge in [0.2, 0.25) is 0 Å². The Bertz CT molecular complexity index is 300. The molecule has 0 aromatic heterocycles. The van der Waals surface area contributed by atoms with E-state index in [1.807, 2.05) is 0 Å². The molecule has 0 aliphatic heterocycles. The second kappa shape index (κ2) is 4.59. The van der Waals surface area contributed by atoms with E-state index in [0.717, 1.165) is 0 Å². The van der Waals surface area contributed by atoms with E-state index in [4.69, 9.17) is 24.4 Å². The van der Waals surface area contributed by atoms with Crippen molar-refractivity contribution in [3.63, 3.8) is 0 Å². The smallest absolute Gasteiger partial charge is 0.136 e. The van der Waals surface area contributed by atoms with Crippen LogP contribution in [0.25, 0.3) is 0 Å². The molecule has 0 unspecified atom stereocenters. The standard InChI is InChI=1S/C10H13ClSi2/c1-6-13(7-2,10-11)9-8-12(3,4)5/h1-2H,10H2,3-5H3. The molecule has 0 aromatic carbocycles. The normalized spacial score (nSPS) is 10.6. The highest BCUT2D eigenvalue weighted by Gasteiger charge is 2.26. The summed E-state index contributed by atoms with van der Waals surface area (Å²) in [7, 11) is -3.72. The van der Waals surface area contributed by atoms with Gasteiger partial charge < -0.3 is 0 Å². The number of terminal acetylenes is 2. The quantitative estimate of drug-likeness (QED) is 0.363. The maximum Gasteiger partial charge on any atom is 0.303 e. The van der Waals surface area contributed by atoms with Crippen LogP contribution in [-0.2, 0) is 0 Å². The molecule has 0 bridgehead atoms. The van der Waals surface area contributed by atoms with Gasteiger partial charge in [0.25, 0.3) is 0 Å². The summed E-state index contributed by atoms with van der Waals surface area (Å²) >= 11 is 5.74. The minimum absolute atomic E-state index is 0.331. The van der Waals surface area contributed by atoms with Crippen molar-refractivity contribution in [1.82, 2.24) is 0 Å². The molecule has 13 heavy (non-hydrogen) atoms. The van der Waals surface area contributed by atoms with E-state index < -0.39 is 16.1 Å². The lowest BCUT2D eigenvalue weighted by molar-refractivity contribution is 1.81. The van der Waals surface area contributed by atoms with Gasteiger partial charge in [0, 0.05) is 0 Å². The number of rotatable bonds is 1. The molecule has 0 N–H and O–H groups in total. The Balaban J connectivity index is 4.94. The predicted molar refractivity (Wildman–Crippen MR) is 65.3 cm³/mol. The zero-order valence-electron chi connectivity index (χ0n) is 8.24. The first kappa shape index (κ1) is 12.4. The lowest BCUT2D eigenvalue weighted by atomic mass is 11.3. The molecular formula is C10H13ClSi2. The van der Waals surface area contributed by atoms with Crippen molar-refractivity contribution in [2.75, 3.05) is 5.50 Å². The van der Waals surface area contributed by atoms with Gasteiger partial charge in [-0.3, -0.25) is 0 Å². The second-order valence-electron chi connectivity index (χ2n) is 3.83. The lowest BCUT2D eigenvalue weighted by Gasteiger charge is -2.09. The highest BCUT2D eigenvalue weighted by Crippen LogP contribution is 2.03. The van der Waals surface area contributed by atoms with Crippen LogP contribution in [0.1, 0.15) is 0 Å². The van der Waals surface area contributed by atoms with Crippen LogP contribution >= 0.6 is 11.6 Å². The van der Waals surface area contributed by atoms with Crippen molar-refractivity contribution in [2.45, 2.75) is 19.6 Å². The second-order valence-corrected chi connectivity index (χ2v) is 12.3. The summed E-state index contributed by atoms with van der Waals surface area (Å²) in [5.74, 6) is 0. The van der Waals surface area contributed by atoms with Crippen molar-refractivity contribution in [1.29, 1.82) is 0 Å². The SMILES string of the molecule is C#C[Si](C#C)(C#C[Si](C)(C)C)CCl. The summed E-state index contributed by atoms with van der Waals surface area (Å²) in [5.41, 5.74) is 11.8. The van der Waals surface area contributed by atoms with E-state index in [2.05, 4.69) is 41.8 Å². The van der Waals surface area contributed by atoms with Gasteiger partial charge in [-0.15, -0.1) is 46.6 Å². The molecule has 68 valence electrons. The van der Waals surface area contributed by atoms with Crippen LogP contribution in [0.4, 0.5) is 0 Å². The molecule has 0 aromatic rings. The predicted octanol–water partition coefficient (Wildman–Crippen LogP) is 1.98. The van der Waals surface area contributed by atoms with Crippen LogP contribution < -0.4 is 0 Å². The average molecular weight is 225 g/mol. The highest BCUT2D eigenvalue weighted by atomic mass is 35.5. The van der Waals surface area contributed by atoms with Crippen LogP contribution in [0.3, 0.4) is 0 Å². The van der Waals surface area contributed by atoms with Crippen molar-refractivity contribution in [3.8, 4) is 35.0 Å². The molecule has 0 fully saturated rings. The van der Waals surface area contributed by atoms with Gasteiger partial charge in [0.05, 0.1) is 5.50 Å². The lowest BCUT2D eigenvalue weighted by Crippen LogP contribution is -2.34. The third-order valence-corrected chi connectivity index (χ3v) is 5.61. The Morgan fingerprint density at radius 1 is 1.08 bits per heavy atom. The first-order chi connectivity index (χ1) is 5.89. The zero-order chi connectivity index (χ0) is 10.5. The van der Waals surface area contributed by atoms with Crippen LogP contribution in [0.15, 0.2) is 0 Å². The van der Waals surface area contributed by atoms with Crippen molar-refractivity contribution >= 4 is 27.7 Å². The molecule has 0 saturated carbocycles. The van der Waals surface area contributed by atoms with E-state index in [1.165, 1.54) is 0 Å². The summed E-state index contributed by atoms with van der Waals surface area (Å²) in [6.45, 7) is 6.46.